The molecule has 3 nitrogen and oxygen atoms in total. The van der Waals surface area contributed by atoms with Crippen molar-refractivity contribution in [2.75, 3.05) is 5.32 Å². The minimum absolute atomic E-state index is 0.0407. The van der Waals surface area contributed by atoms with Crippen LogP contribution in [0.4, 0.5) is 23.7 Å². The van der Waals surface area contributed by atoms with Crippen LogP contribution in [0, 0.1) is 0 Å². The Morgan fingerprint density at radius 2 is 1.90 bits per heavy atom. The van der Waals surface area contributed by atoms with Crippen LogP contribution >= 0.6 is 0 Å². The molecule has 0 aliphatic heterocycles. The smallest absolute Gasteiger partial charge is 0.308 e. The molecule has 0 spiro atoms. The average molecular weight is 296 g/mol. The quantitative estimate of drug-likeness (QED) is 0.791. The number of halogens is 3. The van der Waals surface area contributed by atoms with E-state index in [9.17, 15) is 18.0 Å². The lowest BCUT2D eigenvalue weighted by Crippen LogP contribution is -2.27. The van der Waals surface area contributed by atoms with Crippen LogP contribution in [0.5, 0.6) is 0 Å². The summed E-state index contributed by atoms with van der Waals surface area (Å²) in [5, 5.41) is 4.69. The molecule has 0 bridgehead atoms. The zero-order valence-corrected chi connectivity index (χ0v) is 11.4. The number of anilines is 1. The molecule has 0 saturated carbocycles. The van der Waals surface area contributed by atoms with Crippen LogP contribution in [0.2, 0.25) is 0 Å². The fourth-order valence-corrected chi connectivity index (χ4v) is 1.37. The number of urea groups is 1. The predicted octanol–water partition coefficient (Wildman–Crippen LogP) is 4.47. The summed E-state index contributed by atoms with van der Waals surface area (Å²) in [6.45, 7) is 9.00. The summed E-state index contributed by atoms with van der Waals surface area (Å²) in [4.78, 5) is 11.6. The molecular formula is C15H15F3N2O. The number of hydrogen-bond donors (Lipinski definition) is 2. The van der Waals surface area contributed by atoms with Gasteiger partial charge in [0, 0.05) is 11.4 Å². The lowest BCUT2D eigenvalue weighted by atomic mass is 10.2. The summed E-state index contributed by atoms with van der Waals surface area (Å²) in [7, 11) is 0. The lowest BCUT2D eigenvalue weighted by molar-refractivity contribution is -0.137. The molecule has 112 valence electrons. The van der Waals surface area contributed by atoms with Gasteiger partial charge in [0.2, 0.25) is 0 Å². The Bertz CT molecular complexity index is 589. The molecular weight excluding hydrogens is 281 g/mol. The van der Waals surface area contributed by atoms with E-state index in [4.69, 9.17) is 0 Å². The Hall–Kier alpha value is -2.50. The maximum atomic E-state index is 12.5. The van der Waals surface area contributed by atoms with Crippen molar-refractivity contribution in [3.8, 4) is 0 Å². The van der Waals surface area contributed by atoms with Crippen LogP contribution in [0.15, 0.2) is 60.8 Å². The second kappa shape index (κ2) is 6.78. The molecule has 0 saturated heterocycles. The summed E-state index contributed by atoms with van der Waals surface area (Å²) in [6, 6.07) is 3.69. The number of carbonyl (C=O) groups excluding carboxylic acids is 1. The molecule has 0 aromatic heterocycles. The van der Waals surface area contributed by atoms with Gasteiger partial charge in [-0.15, -0.1) is 0 Å². The van der Waals surface area contributed by atoms with E-state index in [0.717, 1.165) is 17.7 Å². The van der Waals surface area contributed by atoms with Crippen LogP contribution in [0.25, 0.3) is 0 Å². The third-order valence-electron chi connectivity index (χ3n) is 2.29. The Balaban J connectivity index is 2.67. The highest BCUT2D eigenvalue weighted by molar-refractivity contribution is 5.90. The number of hydrogen-bond acceptors (Lipinski definition) is 1. The SMILES string of the molecule is C=C(C)/C=C\C(=C)NC(=O)Nc1cccc(C(F)(F)F)c1. The highest BCUT2D eigenvalue weighted by Crippen LogP contribution is 2.30. The van der Waals surface area contributed by atoms with Gasteiger partial charge in [-0.05, 0) is 31.2 Å². The van der Waals surface area contributed by atoms with Gasteiger partial charge in [0.25, 0.3) is 0 Å². The van der Waals surface area contributed by atoms with Gasteiger partial charge in [0.15, 0.2) is 0 Å². The number of rotatable bonds is 4. The van der Waals surface area contributed by atoms with Crippen molar-refractivity contribution < 1.29 is 18.0 Å². The number of nitrogens with one attached hydrogen (secondary N) is 2. The third kappa shape index (κ3) is 5.99. The van der Waals surface area contributed by atoms with Gasteiger partial charge < -0.3 is 10.6 Å². The summed E-state index contributed by atoms with van der Waals surface area (Å²) in [5.74, 6) is 0. The van der Waals surface area contributed by atoms with E-state index < -0.39 is 17.8 Å². The first-order valence-corrected chi connectivity index (χ1v) is 5.96. The fourth-order valence-electron chi connectivity index (χ4n) is 1.37. The summed E-state index contributed by atoms with van der Waals surface area (Å²) < 4.78 is 37.6. The van der Waals surface area contributed by atoms with E-state index >= 15 is 0 Å². The van der Waals surface area contributed by atoms with E-state index in [0.29, 0.717) is 5.70 Å². The van der Waals surface area contributed by atoms with Crippen molar-refractivity contribution in [2.24, 2.45) is 0 Å². The summed E-state index contributed by atoms with van der Waals surface area (Å²) >= 11 is 0. The van der Waals surface area contributed by atoms with Crippen molar-refractivity contribution in [1.82, 2.24) is 5.32 Å². The van der Waals surface area contributed by atoms with Gasteiger partial charge in [-0.3, -0.25) is 0 Å². The number of allylic oxidation sites excluding steroid dienone is 3. The third-order valence-corrected chi connectivity index (χ3v) is 2.29. The molecule has 2 N–H and O–H groups in total. The molecule has 0 atom stereocenters. The first-order chi connectivity index (χ1) is 9.68. The van der Waals surface area contributed by atoms with Crippen LogP contribution in [0.3, 0.4) is 0 Å². The lowest BCUT2D eigenvalue weighted by Gasteiger charge is -2.10. The van der Waals surface area contributed by atoms with Crippen molar-refractivity contribution in [3.05, 3.63) is 66.4 Å². The molecule has 0 fully saturated rings. The first-order valence-electron chi connectivity index (χ1n) is 5.96. The van der Waals surface area contributed by atoms with E-state index in [1.807, 2.05) is 0 Å². The van der Waals surface area contributed by atoms with Gasteiger partial charge in [-0.1, -0.05) is 30.9 Å². The normalized spacial score (nSPS) is 11.2. The van der Waals surface area contributed by atoms with Crippen molar-refractivity contribution >= 4 is 11.7 Å². The zero-order chi connectivity index (χ0) is 16.0. The van der Waals surface area contributed by atoms with E-state index in [-0.39, 0.29) is 5.69 Å². The molecule has 0 unspecified atom stereocenters. The molecule has 1 aromatic carbocycles. The first kappa shape index (κ1) is 16.6. The van der Waals surface area contributed by atoms with Crippen molar-refractivity contribution in [1.29, 1.82) is 0 Å². The number of carbonyl (C=O) groups is 1. The van der Waals surface area contributed by atoms with Gasteiger partial charge in [0.1, 0.15) is 0 Å². The van der Waals surface area contributed by atoms with E-state index in [1.54, 1.807) is 13.0 Å². The Morgan fingerprint density at radius 3 is 2.48 bits per heavy atom. The molecule has 0 aliphatic rings. The fraction of sp³-hybridized carbons (Fsp3) is 0.133. The minimum Gasteiger partial charge on any atom is -0.308 e. The van der Waals surface area contributed by atoms with E-state index in [2.05, 4.69) is 23.8 Å². The van der Waals surface area contributed by atoms with Gasteiger partial charge >= 0.3 is 12.2 Å². The summed E-state index contributed by atoms with van der Waals surface area (Å²) in [5.41, 5.74) is 0.277. The average Bonchev–Trinajstić information content (AvgIpc) is 2.35. The standard InChI is InChI=1S/C15H15F3N2O/c1-10(2)7-8-11(3)19-14(21)20-13-6-4-5-12(9-13)15(16,17)18/h4-9H,1,3H2,2H3,(H2,19,20,21)/b8-7-. The molecule has 0 heterocycles. The van der Waals surface area contributed by atoms with Crippen LogP contribution in [-0.4, -0.2) is 6.03 Å². The van der Waals surface area contributed by atoms with Gasteiger partial charge in [-0.2, -0.15) is 13.2 Å². The number of amides is 2. The Labute approximate surface area is 120 Å². The highest BCUT2D eigenvalue weighted by Gasteiger charge is 2.30. The highest BCUT2D eigenvalue weighted by atomic mass is 19.4. The van der Waals surface area contributed by atoms with E-state index in [1.165, 1.54) is 18.2 Å². The van der Waals surface area contributed by atoms with Crippen LogP contribution in [0.1, 0.15) is 12.5 Å². The number of benzene rings is 1. The molecule has 0 aliphatic carbocycles. The number of alkyl halides is 3. The molecule has 2 amide bonds. The Morgan fingerprint density at radius 1 is 1.24 bits per heavy atom. The molecule has 1 aromatic rings. The maximum Gasteiger partial charge on any atom is 0.416 e. The maximum absolute atomic E-state index is 12.5. The monoisotopic (exact) mass is 296 g/mol. The minimum atomic E-state index is -4.46. The predicted molar refractivity (Wildman–Crippen MR) is 76.7 cm³/mol. The topological polar surface area (TPSA) is 41.1 Å². The molecule has 1 rings (SSSR count). The second-order valence-electron chi connectivity index (χ2n) is 4.36. The molecule has 0 radical (unpaired) electrons. The summed E-state index contributed by atoms with van der Waals surface area (Å²) in [6.07, 6.45) is -1.27. The largest absolute Gasteiger partial charge is 0.416 e. The molecule has 6 heteroatoms. The molecule has 21 heavy (non-hydrogen) atoms. The second-order valence-corrected chi connectivity index (χ2v) is 4.36. The van der Waals surface area contributed by atoms with Crippen LogP contribution in [-0.2, 0) is 6.18 Å². The zero-order valence-electron chi connectivity index (χ0n) is 11.4. The van der Waals surface area contributed by atoms with Crippen molar-refractivity contribution in [3.63, 3.8) is 0 Å². The van der Waals surface area contributed by atoms with Gasteiger partial charge in [-0.25, -0.2) is 4.79 Å². The van der Waals surface area contributed by atoms with Gasteiger partial charge in [0.05, 0.1) is 5.56 Å². The Kier molecular flexibility index (Phi) is 5.35. The van der Waals surface area contributed by atoms with Crippen molar-refractivity contribution in [2.45, 2.75) is 13.1 Å². The van der Waals surface area contributed by atoms with Crippen LogP contribution < -0.4 is 10.6 Å².